The van der Waals surface area contributed by atoms with E-state index in [-0.39, 0.29) is 0 Å². The van der Waals surface area contributed by atoms with Gasteiger partial charge in [-0.05, 0) is 25.0 Å². The van der Waals surface area contributed by atoms with E-state index in [0.29, 0.717) is 0 Å². The lowest BCUT2D eigenvalue weighted by Crippen LogP contribution is -1.90. The van der Waals surface area contributed by atoms with Gasteiger partial charge in [0.15, 0.2) is 0 Å². The van der Waals surface area contributed by atoms with E-state index < -0.39 is 0 Å². The van der Waals surface area contributed by atoms with Gasteiger partial charge in [0, 0.05) is 10.2 Å². The molecule has 2 N–H and O–H groups in total. The summed E-state index contributed by atoms with van der Waals surface area (Å²) in [7, 11) is 0. The Bertz CT molecular complexity index is 236. The van der Waals surface area contributed by atoms with E-state index in [1.807, 2.05) is 12.2 Å². The summed E-state index contributed by atoms with van der Waals surface area (Å²) >= 11 is 3.49. The maximum absolute atomic E-state index is 5.65. The van der Waals surface area contributed by atoms with Crippen molar-refractivity contribution in [3.05, 3.63) is 34.0 Å². The molecule has 2 heteroatoms. The minimum absolute atomic E-state index is 0.820. The van der Waals surface area contributed by atoms with Gasteiger partial charge in [-0.3, -0.25) is 0 Å². The van der Waals surface area contributed by atoms with Gasteiger partial charge >= 0.3 is 0 Å². The van der Waals surface area contributed by atoms with Crippen LogP contribution in [0.1, 0.15) is 19.8 Å². The Morgan fingerprint density at radius 3 is 3.00 bits per heavy atom. The van der Waals surface area contributed by atoms with Crippen LogP contribution in [-0.2, 0) is 0 Å². The van der Waals surface area contributed by atoms with Gasteiger partial charge < -0.3 is 5.73 Å². The molecule has 0 aromatic carbocycles. The number of rotatable bonds is 1. The van der Waals surface area contributed by atoms with E-state index in [9.17, 15) is 0 Å². The fraction of sp³-hybridized carbons (Fsp3) is 0.333. The second-order valence-corrected chi connectivity index (χ2v) is 3.41. The van der Waals surface area contributed by atoms with Crippen molar-refractivity contribution in [2.24, 2.45) is 5.73 Å². The van der Waals surface area contributed by atoms with E-state index in [0.717, 1.165) is 23.0 Å². The van der Waals surface area contributed by atoms with Crippen LogP contribution in [0.2, 0.25) is 0 Å². The van der Waals surface area contributed by atoms with Crippen LogP contribution in [0, 0.1) is 0 Å². The monoisotopic (exact) mass is 213 g/mol. The van der Waals surface area contributed by atoms with Gasteiger partial charge in [-0.2, -0.15) is 0 Å². The molecule has 0 saturated heterocycles. The molecule has 1 rings (SSSR count). The summed E-state index contributed by atoms with van der Waals surface area (Å²) in [5.74, 6) is 0. The molecule has 0 aromatic rings. The van der Waals surface area contributed by atoms with Gasteiger partial charge in [-0.1, -0.05) is 34.5 Å². The third kappa shape index (κ3) is 2.22. The lowest BCUT2D eigenvalue weighted by atomic mass is 10.1. The topological polar surface area (TPSA) is 26.0 Å². The van der Waals surface area contributed by atoms with E-state index in [2.05, 4.69) is 28.9 Å². The van der Waals surface area contributed by atoms with E-state index in [4.69, 9.17) is 5.73 Å². The van der Waals surface area contributed by atoms with Crippen molar-refractivity contribution >= 4 is 15.9 Å². The molecule has 0 aromatic heterocycles. The molecule has 11 heavy (non-hydrogen) atoms. The van der Waals surface area contributed by atoms with Crippen LogP contribution in [-0.4, -0.2) is 0 Å². The quantitative estimate of drug-likeness (QED) is 0.713. The van der Waals surface area contributed by atoms with E-state index >= 15 is 0 Å². The summed E-state index contributed by atoms with van der Waals surface area (Å²) in [6.45, 7) is 2.15. The molecule has 1 aliphatic carbocycles. The molecule has 1 aliphatic rings. The highest BCUT2D eigenvalue weighted by atomic mass is 79.9. The number of halogens is 1. The smallest absolute Gasteiger partial charge is 0.0322 e. The molecule has 0 atom stereocenters. The second kappa shape index (κ2) is 3.77. The predicted molar refractivity (Wildman–Crippen MR) is 52.3 cm³/mol. The molecule has 0 bridgehead atoms. The molecule has 0 radical (unpaired) electrons. The third-order valence-corrected chi connectivity index (χ3v) is 2.52. The molecule has 0 saturated carbocycles. The average Bonchev–Trinajstić information content (AvgIpc) is 2.11. The van der Waals surface area contributed by atoms with E-state index in [1.165, 1.54) is 5.57 Å². The van der Waals surface area contributed by atoms with Crippen LogP contribution in [0.4, 0.5) is 0 Å². The summed E-state index contributed by atoms with van der Waals surface area (Å²) in [5, 5.41) is 0. The molecule has 0 heterocycles. The largest absolute Gasteiger partial charge is 0.399 e. The zero-order valence-electron chi connectivity index (χ0n) is 6.60. The Kier molecular flexibility index (Phi) is 2.94. The zero-order valence-corrected chi connectivity index (χ0v) is 8.19. The normalized spacial score (nSPS) is 18.2. The first-order chi connectivity index (χ1) is 5.24. The lowest BCUT2D eigenvalue weighted by Gasteiger charge is -1.99. The van der Waals surface area contributed by atoms with Crippen LogP contribution in [0.5, 0.6) is 0 Å². The number of allylic oxidation sites excluding steroid dienone is 5. The highest BCUT2D eigenvalue weighted by Gasteiger charge is 2.01. The van der Waals surface area contributed by atoms with Crippen molar-refractivity contribution in [2.45, 2.75) is 19.8 Å². The van der Waals surface area contributed by atoms with Crippen molar-refractivity contribution in [3.63, 3.8) is 0 Å². The summed E-state index contributed by atoms with van der Waals surface area (Å²) in [5.41, 5.74) is 7.88. The van der Waals surface area contributed by atoms with E-state index in [1.54, 1.807) is 0 Å². The fourth-order valence-corrected chi connectivity index (χ4v) is 1.75. The fourth-order valence-electron chi connectivity index (χ4n) is 1.04. The van der Waals surface area contributed by atoms with Gasteiger partial charge in [0.2, 0.25) is 0 Å². The van der Waals surface area contributed by atoms with Gasteiger partial charge in [-0.25, -0.2) is 0 Å². The minimum atomic E-state index is 0.820. The third-order valence-electron chi connectivity index (χ3n) is 1.73. The first-order valence-electron chi connectivity index (χ1n) is 3.75. The predicted octanol–water partition coefficient (Wildman–Crippen LogP) is 2.85. The maximum atomic E-state index is 5.65. The van der Waals surface area contributed by atoms with Crippen LogP contribution >= 0.6 is 15.9 Å². The van der Waals surface area contributed by atoms with Crippen LogP contribution in [0.3, 0.4) is 0 Å². The highest BCUT2D eigenvalue weighted by Crippen LogP contribution is 2.23. The van der Waals surface area contributed by atoms with Crippen molar-refractivity contribution in [1.29, 1.82) is 0 Å². The maximum Gasteiger partial charge on any atom is 0.0322 e. The molecular weight excluding hydrogens is 202 g/mol. The van der Waals surface area contributed by atoms with Crippen LogP contribution in [0.15, 0.2) is 34.0 Å². The number of hydrogen-bond acceptors (Lipinski definition) is 1. The first-order valence-corrected chi connectivity index (χ1v) is 4.54. The van der Waals surface area contributed by atoms with Crippen molar-refractivity contribution in [3.8, 4) is 0 Å². The molecule has 0 spiro atoms. The number of hydrogen-bond donors (Lipinski definition) is 1. The van der Waals surface area contributed by atoms with Crippen molar-refractivity contribution in [2.75, 3.05) is 0 Å². The summed E-state index contributed by atoms with van der Waals surface area (Å²) < 4.78 is 1.14. The average molecular weight is 214 g/mol. The van der Waals surface area contributed by atoms with Gasteiger partial charge in [0.25, 0.3) is 0 Å². The van der Waals surface area contributed by atoms with Crippen LogP contribution < -0.4 is 5.73 Å². The molecule has 0 amide bonds. The number of nitrogens with two attached hydrogens (primary N) is 1. The minimum Gasteiger partial charge on any atom is -0.399 e. The summed E-state index contributed by atoms with van der Waals surface area (Å²) in [6, 6.07) is 0. The Balaban J connectivity index is 2.93. The highest BCUT2D eigenvalue weighted by molar-refractivity contribution is 9.11. The Morgan fingerprint density at radius 1 is 1.64 bits per heavy atom. The van der Waals surface area contributed by atoms with Gasteiger partial charge in [0.05, 0.1) is 0 Å². The molecule has 1 nitrogen and oxygen atoms in total. The van der Waals surface area contributed by atoms with Crippen molar-refractivity contribution < 1.29 is 0 Å². The Hall–Kier alpha value is -0.500. The standard InChI is InChI=1S/C9H12BrN/c1-2-7-4-3-5-8(11)6-9(7)10/h3,5-6H,2,4,11H2,1H3. The molecule has 0 fully saturated rings. The first kappa shape index (κ1) is 8.60. The second-order valence-electron chi connectivity index (χ2n) is 2.56. The van der Waals surface area contributed by atoms with Gasteiger partial charge in [-0.15, -0.1) is 0 Å². The SMILES string of the molecule is CCC1=C(Br)C=C(N)C=CC1. The van der Waals surface area contributed by atoms with Crippen LogP contribution in [0.25, 0.3) is 0 Å². The molecule has 0 unspecified atom stereocenters. The lowest BCUT2D eigenvalue weighted by molar-refractivity contribution is 1.03. The zero-order chi connectivity index (χ0) is 8.27. The molecule has 0 aliphatic heterocycles. The van der Waals surface area contributed by atoms with Crippen molar-refractivity contribution in [1.82, 2.24) is 0 Å². The summed E-state index contributed by atoms with van der Waals surface area (Å²) in [6.07, 6.45) is 8.09. The molecule has 60 valence electrons. The molecular formula is C9H12BrN. The summed E-state index contributed by atoms with van der Waals surface area (Å²) in [4.78, 5) is 0. The van der Waals surface area contributed by atoms with Gasteiger partial charge in [0.1, 0.15) is 0 Å². The Labute approximate surface area is 75.8 Å². The Morgan fingerprint density at radius 2 is 2.36 bits per heavy atom.